The molecule has 4 heteroatoms. The molecule has 0 fully saturated rings. The number of benzene rings is 2. The Hall–Kier alpha value is -2.26. The normalized spacial score (nSPS) is 11.0. The molecule has 3 rings (SSSR count). The molecule has 1 heterocycles. The Morgan fingerprint density at radius 1 is 1.19 bits per heavy atom. The summed E-state index contributed by atoms with van der Waals surface area (Å²) in [5.41, 5.74) is 1.59. The van der Waals surface area contributed by atoms with Gasteiger partial charge in [0.05, 0.1) is 10.6 Å². The zero-order valence-corrected chi connectivity index (χ0v) is 12.1. The summed E-state index contributed by atoms with van der Waals surface area (Å²) in [5.74, 6) is 0.617. The molecule has 0 atom stereocenters. The summed E-state index contributed by atoms with van der Waals surface area (Å²) in [6, 6.07) is 11.6. The predicted octanol–water partition coefficient (Wildman–Crippen LogP) is 4.59. The quantitative estimate of drug-likeness (QED) is 0.720. The number of phenolic OH excluding ortho intramolecular Hbond substituents is 1. The number of furan rings is 1. The highest BCUT2D eigenvalue weighted by Crippen LogP contribution is 2.33. The van der Waals surface area contributed by atoms with E-state index in [0.29, 0.717) is 33.9 Å². The number of aryl methyl sites for hydroxylation is 1. The molecule has 2 aromatic carbocycles. The van der Waals surface area contributed by atoms with Gasteiger partial charge in [-0.1, -0.05) is 30.7 Å². The first-order valence-electron chi connectivity index (χ1n) is 6.65. The maximum Gasteiger partial charge on any atom is 0.197 e. The van der Waals surface area contributed by atoms with E-state index in [0.717, 1.165) is 5.39 Å². The van der Waals surface area contributed by atoms with Crippen LogP contribution in [0.4, 0.5) is 0 Å². The van der Waals surface area contributed by atoms with E-state index in [1.807, 2.05) is 13.0 Å². The second kappa shape index (κ2) is 5.26. The maximum absolute atomic E-state index is 12.7. The molecule has 0 amide bonds. The van der Waals surface area contributed by atoms with Gasteiger partial charge in [-0.05, 0) is 30.3 Å². The van der Waals surface area contributed by atoms with E-state index < -0.39 is 0 Å². The molecule has 3 aromatic rings. The average molecular weight is 301 g/mol. The van der Waals surface area contributed by atoms with Crippen molar-refractivity contribution in [3.8, 4) is 5.75 Å². The van der Waals surface area contributed by atoms with Crippen molar-refractivity contribution in [2.75, 3.05) is 0 Å². The van der Waals surface area contributed by atoms with Crippen LogP contribution >= 0.6 is 11.6 Å². The number of hydrogen-bond acceptors (Lipinski definition) is 3. The van der Waals surface area contributed by atoms with Gasteiger partial charge in [-0.25, -0.2) is 0 Å². The molecule has 0 saturated heterocycles. The molecule has 0 aliphatic carbocycles. The summed E-state index contributed by atoms with van der Waals surface area (Å²) < 4.78 is 5.74. The molecule has 0 bridgehead atoms. The molecule has 21 heavy (non-hydrogen) atoms. The van der Waals surface area contributed by atoms with E-state index >= 15 is 0 Å². The monoisotopic (exact) mass is 300 g/mol. The van der Waals surface area contributed by atoms with Crippen LogP contribution in [0.25, 0.3) is 11.0 Å². The van der Waals surface area contributed by atoms with Crippen molar-refractivity contribution in [1.82, 2.24) is 0 Å². The first-order valence-corrected chi connectivity index (χ1v) is 7.03. The lowest BCUT2D eigenvalue weighted by Gasteiger charge is -2.02. The first kappa shape index (κ1) is 13.7. The summed E-state index contributed by atoms with van der Waals surface area (Å²) in [6.07, 6.45) is 0.601. The minimum atomic E-state index is -0.132. The maximum atomic E-state index is 12.7. The Morgan fingerprint density at radius 2 is 1.90 bits per heavy atom. The van der Waals surface area contributed by atoms with Crippen molar-refractivity contribution in [3.63, 3.8) is 0 Å². The second-order valence-electron chi connectivity index (χ2n) is 4.75. The van der Waals surface area contributed by atoms with Crippen LogP contribution in [0.3, 0.4) is 0 Å². The summed E-state index contributed by atoms with van der Waals surface area (Å²) in [5, 5.41) is 10.5. The van der Waals surface area contributed by atoms with Crippen LogP contribution < -0.4 is 0 Å². The van der Waals surface area contributed by atoms with Crippen molar-refractivity contribution in [2.45, 2.75) is 13.3 Å². The van der Waals surface area contributed by atoms with Crippen LogP contribution in [0.2, 0.25) is 5.02 Å². The smallest absolute Gasteiger partial charge is 0.197 e. The number of para-hydroxylation sites is 1. The third kappa shape index (κ3) is 2.30. The summed E-state index contributed by atoms with van der Waals surface area (Å²) in [4.78, 5) is 12.7. The van der Waals surface area contributed by atoms with Gasteiger partial charge in [-0.3, -0.25) is 4.79 Å². The number of phenols is 1. The van der Waals surface area contributed by atoms with Crippen molar-refractivity contribution < 1.29 is 14.3 Å². The highest BCUT2D eigenvalue weighted by atomic mass is 35.5. The molecule has 3 nitrogen and oxygen atoms in total. The fourth-order valence-electron chi connectivity index (χ4n) is 2.39. The Bertz CT molecular complexity index is 816. The Balaban J connectivity index is 2.21. The number of halogens is 1. The average Bonchev–Trinajstić information content (AvgIpc) is 2.87. The lowest BCUT2D eigenvalue weighted by molar-refractivity contribution is 0.103. The number of carbonyl (C=O) groups excluding carboxylic acids is 1. The predicted molar refractivity (Wildman–Crippen MR) is 82.1 cm³/mol. The minimum Gasteiger partial charge on any atom is -0.508 e. The minimum absolute atomic E-state index is 0.127. The van der Waals surface area contributed by atoms with E-state index in [2.05, 4.69) is 0 Å². The van der Waals surface area contributed by atoms with Gasteiger partial charge in [-0.15, -0.1) is 0 Å². The topological polar surface area (TPSA) is 50.4 Å². The number of hydrogen-bond donors (Lipinski definition) is 1. The lowest BCUT2D eigenvalue weighted by Crippen LogP contribution is -2.03. The van der Waals surface area contributed by atoms with Gasteiger partial charge in [0.25, 0.3) is 0 Å². The Kier molecular flexibility index (Phi) is 3.43. The van der Waals surface area contributed by atoms with Crippen LogP contribution in [-0.2, 0) is 6.42 Å². The van der Waals surface area contributed by atoms with Gasteiger partial charge in [0.1, 0.15) is 11.5 Å². The van der Waals surface area contributed by atoms with Gasteiger partial charge >= 0.3 is 0 Å². The molecule has 0 radical (unpaired) electrons. The molecule has 0 spiro atoms. The van der Waals surface area contributed by atoms with Gasteiger partial charge in [0.2, 0.25) is 0 Å². The second-order valence-corrected chi connectivity index (χ2v) is 5.15. The van der Waals surface area contributed by atoms with Crippen LogP contribution in [0.15, 0.2) is 46.9 Å². The number of aromatic hydroxyl groups is 1. The number of rotatable bonds is 3. The number of ketones is 1. The Morgan fingerprint density at radius 3 is 2.57 bits per heavy atom. The van der Waals surface area contributed by atoms with E-state index in [1.54, 1.807) is 24.3 Å². The van der Waals surface area contributed by atoms with Gasteiger partial charge < -0.3 is 9.52 Å². The van der Waals surface area contributed by atoms with E-state index in [-0.39, 0.29) is 11.5 Å². The van der Waals surface area contributed by atoms with Crippen LogP contribution in [0.1, 0.15) is 28.6 Å². The number of carbonyl (C=O) groups is 1. The van der Waals surface area contributed by atoms with Crippen LogP contribution in [-0.4, -0.2) is 10.9 Å². The number of fused-ring (bicyclic) bond motifs is 1. The third-order valence-electron chi connectivity index (χ3n) is 3.42. The first-order chi connectivity index (χ1) is 10.1. The molecule has 0 aliphatic heterocycles. The highest BCUT2D eigenvalue weighted by molar-refractivity contribution is 6.35. The Labute approximate surface area is 126 Å². The molecular formula is C17H13ClO3. The van der Waals surface area contributed by atoms with Crippen molar-refractivity contribution in [2.24, 2.45) is 0 Å². The molecule has 106 valence electrons. The van der Waals surface area contributed by atoms with E-state index in [1.165, 1.54) is 12.1 Å². The molecule has 1 N–H and O–H groups in total. The molecule has 1 aromatic heterocycles. The fourth-order valence-corrected chi connectivity index (χ4v) is 2.60. The van der Waals surface area contributed by atoms with Gasteiger partial charge in [0.15, 0.2) is 11.4 Å². The van der Waals surface area contributed by atoms with Crippen molar-refractivity contribution in [3.05, 3.63) is 64.4 Å². The zero-order valence-electron chi connectivity index (χ0n) is 11.4. The fraction of sp³-hybridized carbons (Fsp3) is 0.118. The van der Waals surface area contributed by atoms with Gasteiger partial charge in [0, 0.05) is 17.4 Å². The van der Waals surface area contributed by atoms with Crippen LogP contribution in [0.5, 0.6) is 5.75 Å². The van der Waals surface area contributed by atoms with Crippen molar-refractivity contribution in [1.29, 1.82) is 0 Å². The molecule has 0 aliphatic rings. The van der Waals surface area contributed by atoms with Crippen LogP contribution in [0, 0.1) is 0 Å². The molecular weight excluding hydrogens is 288 g/mol. The van der Waals surface area contributed by atoms with E-state index in [9.17, 15) is 9.90 Å². The van der Waals surface area contributed by atoms with Crippen molar-refractivity contribution >= 4 is 28.4 Å². The summed E-state index contributed by atoms with van der Waals surface area (Å²) >= 11 is 6.13. The third-order valence-corrected chi connectivity index (χ3v) is 3.72. The lowest BCUT2D eigenvalue weighted by atomic mass is 9.99. The zero-order chi connectivity index (χ0) is 15.0. The standard InChI is InChI=1S/C17H13ClO3/c1-2-14-15(12-4-3-5-13(18)17(12)21-14)16(20)10-6-8-11(19)9-7-10/h3-9,19H,2H2,1H3. The summed E-state index contributed by atoms with van der Waals surface area (Å²) in [7, 11) is 0. The van der Waals surface area contributed by atoms with Gasteiger partial charge in [-0.2, -0.15) is 0 Å². The highest BCUT2D eigenvalue weighted by Gasteiger charge is 2.22. The largest absolute Gasteiger partial charge is 0.508 e. The SMILES string of the molecule is CCc1oc2c(Cl)cccc2c1C(=O)c1ccc(O)cc1. The summed E-state index contributed by atoms with van der Waals surface area (Å²) in [6.45, 7) is 1.93. The molecule has 0 unspecified atom stereocenters. The molecule has 0 saturated carbocycles. The van der Waals surface area contributed by atoms with E-state index in [4.69, 9.17) is 16.0 Å².